The molecule has 1 aliphatic carbocycles. The van der Waals surface area contributed by atoms with E-state index >= 15 is 0 Å². The van der Waals surface area contributed by atoms with E-state index in [4.69, 9.17) is 0 Å². The fourth-order valence-corrected chi connectivity index (χ4v) is 2.48. The molecule has 1 aromatic heterocycles. The number of hydrogen-bond donors (Lipinski definition) is 1. The normalized spacial score (nSPS) is 27.9. The predicted molar refractivity (Wildman–Crippen MR) is 59.2 cm³/mol. The summed E-state index contributed by atoms with van der Waals surface area (Å²) in [5, 5.41) is 9.30. The lowest BCUT2D eigenvalue weighted by atomic mass is 9.88. The highest BCUT2D eigenvalue weighted by molar-refractivity contribution is 6.00. The molecule has 4 nitrogen and oxygen atoms in total. The Morgan fingerprint density at radius 2 is 2.25 bits per heavy atom. The van der Waals surface area contributed by atoms with Gasteiger partial charge < -0.3 is 5.11 Å². The molecular formula is C12H14N2O2. The Labute approximate surface area is 93.9 Å². The minimum atomic E-state index is -0.243. The highest BCUT2D eigenvalue weighted by atomic mass is 16.3. The Hall–Kier alpha value is -1.42. The van der Waals surface area contributed by atoms with Gasteiger partial charge in [-0.1, -0.05) is 6.07 Å². The number of aliphatic hydroxyl groups excluding tert-OH is 1. The lowest BCUT2D eigenvalue weighted by Gasteiger charge is -2.38. The van der Waals surface area contributed by atoms with Crippen molar-refractivity contribution in [1.29, 1.82) is 0 Å². The van der Waals surface area contributed by atoms with Crippen molar-refractivity contribution in [3.63, 3.8) is 0 Å². The van der Waals surface area contributed by atoms with Gasteiger partial charge in [0, 0.05) is 17.8 Å². The van der Waals surface area contributed by atoms with E-state index in [1.807, 2.05) is 13.0 Å². The number of carbonyl (C=O) groups excluding carboxylic acids is 1. The molecule has 1 amide bonds. The zero-order chi connectivity index (χ0) is 11.3. The van der Waals surface area contributed by atoms with E-state index in [2.05, 4.69) is 4.98 Å². The number of fused-ring (bicyclic) bond motifs is 1. The Kier molecular flexibility index (Phi) is 2.01. The van der Waals surface area contributed by atoms with Gasteiger partial charge in [-0.3, -0.25) is 9.69 Å². The predicted octanol–water partition coefficient (Wildman–Crippen LogP) is 0.802. The Morgan fingerprint density at radius 1 is 1.50 bits per heavy atom. The van der Waals surface area contributed by atoms with Crippen molar-refractivity contribution >= 4 is 11.7 Å². The highest BCUT2D eigenvalue weighted by Crippen LogP contribution is 2.35. The van der Waals surface area contributed by atoms with Gasteiger partial charge in [0.2, 0.25) is 5.91 Å². The second-order valence-electron chi connectivity index (χ2n) is 4.71. The van der Waals surface area contributed by atoms with Crippen molar-refractivity contribution in [2.75, 3.05) is 4.90 Å². The molecule has 1 aliphatic heterocycles. The van der Waals surface area contributed by atoms with Crippen molar-refractivity contribution in [2.45, 2.75) is 38.3 Å². The molecule has 16 heavy (non-hydrogen) atoms. The SMILES string of the molecule is Cc1cnc2c(c1)CC(=O)N2C1CC(O)C1. The summed E-state index contributed by atoms with van der Waals surface area (Å²) in [6.07, 6.45) is 3.37. The maximum absolute atomic E-state index is 11.9. The first-order chi connectivity index (χ1) is 7.65. The number of aromatic nitrogens is 1. The Bertz CT molecular complexity index is 452. The molecule has 0 unspecified atom stereocenters. The summed E-state index contributed by atoms with van der Waals surface area (Å²) in [6, 6.07) is 2.17. The van der Waals surface area contributed by atoms with Gasteiger partial charge in [-0.05, 0) is 25.3 Å². The van der Waals surface area contributed by atoms with Gasteiger partial charge >= 0.3 is 0 Å². The lowest BCUT2D eigenvalue weighted by molar-refractivity contribution is -0.118. The van der Waals surface area contributed by atoms with Crippen LogP contribution in [0.3, 0.4) is 0 Å². The zero-order valence-electron chi connectivity index (χ0n) is 9.18. The molecule has 0 atom stereocenters. The molecule has 0 radical (unpaired) electrons. The number of aliphatic hydroxyl groups is 1. The first-order valence-corrected chi connectivity index (χ1v) is 5.61. The van der Waals surface area contributed by atoms with E-state index in [0.717, 1.165) is 16.9 Å². The zero-order valence-corrected chi connectivity index (χ0v) is 9.18. The van der Waals surface area contributed by atoms with Gasteiger partial charge in [0.25, 0.3) is 0 Å². The van der Waals surface area contributed by atoms with Crippen LogP contribution in [-0.2, 0) is 11.2 Å². The van der Waals surface area contributed by atoms with Crippen LogP contribution in [0.25, 0.3) is 0 Å². The van der Waals surface area contributed by atoms with Gasteiger partial charge in [0.15, 0.2) is 0 Å². The quantitative estimate of drug-likeness (QED) is 0.758. The fraction of sp³-hybridized carbons (Fsp3) is 0.500. The number of aryl methyl sites for hydroxylation is 1. The van der Waals surface area contributed by atoms with Crippen LogP contribution in [0.4, 0.5) is 5.82 Å². The monoisotopic (exact) mass is 218 g/mol. The second-order valence-corrected chi connectivity index (χ2v) is 4.71. The molecule has 3 rings (SSSR count). The van der Waals surface area contributed by atoms with Crippen molar-refractivity contribution < 1.29 is 9.90 Å². The van der Waals surface area contributed by atoms with Crippen molar-refractivity contribution in [2.24, 2.45) is 0 Å². The minimum absolute atomic E-state index is 0.116. The number of amides is 1. The largest absolute Gasteiger partial charge is 0.393 e. The lowest BCUT2D eigenvalue weighted by Crippen LogP contribution is -2.49. The average Bonchev–Trinajstić information content (AvgIpc) is 2.48. The van der Waals surface area contributed by atoms with Crippen LogP contribution < -0.4 is 4.90 Å². The first-order valence-electron chi connectivity index (χ1n) is 5.61. The highest BCUT2D eigenvalue weighted by Gasteiger charge is 2.40. The third kappa shape index (κ3) is 1.33. The average molecular weight is 218 g/mol. The number of rotatable bonds is 1. The Morgan fingerprint density at radius 3 is 2.94 bits per heavy atom. The molecule has 0 saturated heterocycles. The number of carbonyl (C=O) groups is 1. The molecule has 0 bridgehead atoms. The summed E-state index contributed by atoms with van der Waals surface area (Å²) in [5.41, 5.74) is 2.11. The Balaban J connectivity index is 1.94. The maximum Gasteiger partial charge on any atom is 0.232 e. The molecule has 1 aromatic rings. The van der Waals surface area contributed by atoms with Gasteiger partial charge in [-0.15, -0.1) is 0 Å². The van der Waals surface area contributed by atoms with Crippen LogP contribution >= 0.6 is 0 Å². The summed E-state index contributed by atoms with van der Waals surface area (Å²) >= 11 is 0. The summed E-state index contributed by atoms with van der Waals surface area (Å²) in [5.74, 6) is 0.914. The maximum atomic E-state index is 11.9. The van der Waals surface area contributed by atoms with Crippen molar-refractivity contribution in [3.8, 4) is 0 Å². The van der Waals surface area contributed by atoms with E-state index in [1.165, 1.54) is 0 Å². The van der Waals surface area contributed by atoms with Crippen LogP contribution in [0.2, 0.25) is 0 Å². The molecule has 1 saturated carbocycles. The van der Waals surface area contributed by atoms with Gasteiger partial charge in [-0.2, -0.15) is 0 Å². The number of pyridine rings is 1. The number of nitrogens with zero attached hydrogens (tertiary/aromatic N) is 2. The first kappa shape index (κ1) is 9.78. The molecule has 1 fully saturated rings. The number of hydrogen-bond acceptors (Lipinski definition) is 3. The van der Waals surface area contributed by atoms with Crippen LogP contribution in [0.1, 0.15) is 24.0 Å². The van der Waals surface area contributed by atoms with E-state index in [9.17, 15) is 9.90 Å². The summed E-state index contributed by atoms with van der Waals surface area (Å²) in [4.78, 5) is 18.0. The fourth-order valence-electron chi connectivity index (χ4n) is 2.48. The van der Waals surface area contributed by atoms with E-state index in [-0.39, 0.29) is 18.1 Å². The molecule has 0 spiro atoms. The topological polar surface area (TPSA) is 53.4 Å². The van der Waals surface area contributed by atoms with Gasteiger partial charge in [0.1, 0.15) is 5.82 Å². The second kappa shape index (κ2) is 3.28. The van der Waals surface area contributed by atoms with E-state index in [1.54, 1.807) is 11.1 Å². The van der Waals surface area contributed by atoms with Crippen molar-refractivity contribution in [1.82, 2.24) is 4.98 Å². The van der Waals surface area contributed by atoms with Crippen LogP contribution in [0.15, 0.2) is 12.3 Å². The van der Waals surface area contributed by atoms with E-state index in [0.29, 0.717) is 19.3 Å². The van der Waals surface area contributed by atoms with Gasteiger partial charge in [-0.25, -0.2) is 4.98 Å². The molecule has 2 aliphatic rings. The van der Waals surface area contributed by atoms with Crippen LogP contribution in [0, 0.1) is 6.92 Å². The van der Waals surface area contributed by atoms with Gasteiger partial charge in [0.05, 0.1) is 12.5 Å². The molecule has 1 N–H and O–H groups in total. The molecule has 2 heterocycles. The third-order valence-electron chi connectivity index (χ3n) is 3.37. The molecule has 0 aromatic carbocycles. The molecule has 4 heteroatoms. The summed E-state index contributed by atoms with van der Waals surface area (Å²) in [7, 11) is 0. The van der Waals surface area contributed by atoms with Crippen LogP contribution in [0.5, 0.6) is 0 Å². The third-order valence-corrected chi connectivity index (χ3v) is 3.37. The number of anilines is 1. The van der Waals surface area contributed by atoms with Crippen molar-refractivity contribution in [3.05, 3.63) is 23.4 Å². The summed E-state index contributed by atoms with van der Waals surface area (Å²) in [6.45, 7) is 1.98. The molecule has 84 valence electrons. The van der Waals surface area contributed by atoms with Crippen LogP contribution in [-0.4, -0.2) is 28.1 Å². The smallest absolute Gasteiger partial charge is 0.232 e. The molecular weight excluding hydrogens is 204 g/mol. The van der Waals surface area contributed by atoms with E-state index < -0.39 is 0 Å². The minimum Gasteiger partial charge on any atom is -0.393 e. The standard InChI is InChI=1S/C12H14N2O2/c1-7-2-8-3-11(16)14(12(8)13-6-7)9-4-10(15)5-9/h2,6,9-10,15H,3-5H2,1H3. The summed E-state index contributed by atoms with van der Waals surface area (Å²) < 4.78 is 0.